The first-order valence-electron chi connectivity index (χ1n) is 7.04. The molecule has 4 nitrogen and oxygen atoms in total. The van der Waals surface area contributed by atoms with E-state index in [0.29, 0.717) is 6.04 Å². The number of nitrogens with zero attached hydrogens (tertiary/aromatic N) is 3. The predicted octanol–water partition coefficient (Wildman–Crippen LogP) is 3.15. The molecule has 1 aliphatic rings. The third-order valence-corrected chi connectivity index (χ3v) is 4.40. The molecule has 0 radical (unpaired) electrons. The molecule has 0 aliphatic heterocycles. The van der Waals surface area contributed by atoms with Crippen LogP contribution in [0.2, 0.25) is 0 Å². The smallest absolute Gasteiger partial charge is 0.144 e. The Morgan fingerprint density at radius 1 is 1.30 bits per heavy atom. The molecule has 1 aliphatic carbocycles. The first-order chi connectivity index (χ1) is 9.54. The van der Waals surface area contributed by atoms with E-state index >= 15 is 0 Å². The minimum absolute atomic E-state index is 0.0531. The van der Waals surface area contributed by atoms with Gasteiger partial charge in [0.1, 0.15) is 10.7 Å². The molecule has 2 heterocycles. The minimum Gasteiger partial charge on any atom is -0.309 e. The molecule has 1 fully saturated rings. The number of hydrogen-bond donors (Lipinski definition) is 1. The highest BCUT2D eigenvalue weighted by Crippen LogP contribution is 2.34. The van der Waals surface area contributed by atoms with Crippen LogP contribution in [0.3, 0.4) is 0 Å². The molecule has 2 aromatic rings. The number of aromatic nitrogens is 3. The van der Waals surface area contributed by atoms with E-state index in [1.165, 1.54) is 23.4 Å². The lowest BCUT2D eigenvalue weighted by molar-refractivity contribution is 0.559. The molecule has 20 heavy (non-hydrogen) atoms. The molecular weight excluding hydrogens is 268 g/mol. The Hall–Kier alpha value is -1.33. The SMILES string of the molecule is CC(C)(C)c1nc(-c2cnccn2)sc1CNC1CC1. The molecule has 0 atom stereocenters. The fourth-order valence-corrected chi connectivity index (χ4v) is 3.29. The zero-order valence-electron chi connectivity index (χ0n) is 12.2. The van der Waals surface area contributed by atoms with E-state index in [4.69, 9.17) is 4.98 Å². The van der Waals surface area contributed by atoms with Crippen LogP contribution >= 0.6 is 11.3 Å². The Morgan fingerprint density at radius 2 is 2.10 bits per heavy atom. The Bertz CT molecular complexity index is 582. The Morgan fingerprint density at radius 3 is 2.70 bits per heavy atom. The topological polar surface area (TPSA) is 50.7 Å². The summed E-state index contributed by atoms with van der Waals surface area (Å²) in [5.41, 5.74) is 2.09. The summed E-state index contributed by atoms with van der Waals surface area (Å²) >= 11 is 1.73. The predicted molar refractivity (Wildman–Crippen MR) is 81.7 cm³/mol. The average Bonchev–Trinajstić information content (AvgIpc) is 3.14. The van der Waals surface area contributed by atoms with Gasteiger partial charge in [-0.2, -0.15) is 0 Å². The van der Waals surface area contributed by atoms with E-state index in [9.17, 15) is 0 Å². The molecule has 1 saturated carbocycles. The molecule has 1 N–H and O–H groups in total. The number of hydrogen-bond acceptors (Lipinski definition) is 5. The van der Waals surface area contributed by atoms with Gasteiger partial charge in [0, 0.05) is 35.3 Å². The molecule has 5 heteroatoms. The molecule has 0 aromatic carbocycles. The molecule has 0 amide bonds. The van der Waals surface area contributed by atoms with Crippen LogP contribution in [0.15, 0.2) is 18.6 Å². The van der Waals surface area contributed by atoms with Crippen molar-refractivity contribution in [3.63, 3.8) is 0 Å². The van der Waals surface area contributed by atoms with Crippen LogP contribution in [-0.4, -0.2) is 21.0 Å². The van der Waals surface area contributed by atoms with Crippen molar-refractivity contribution in [2.75, 3.05) is 0 Å². The lowest BCUT2D eigenvalue weighted by atomic mass is 9.91. The second-order valence-corrected chi connectivity index (χ2v) is 7.37. The molecule has 3 rings (SSSR count). The van der Waals surface area contributed by atoms with Crippen molar-refractivity contribution in [3.05, 3.63) is 29.2 Å². The van der Waals surface area contributed by atoms with Crippen LogP contribution in [0.5, 0.6) is 0 Å². The van der Waals surface area contributed by atoms with Crippen molar-refractivity contribution in [1.82, 2.24) is 20.3 Å². The molecule has 2 aromatic heterocycles. The maximum Gasteiger partial charge on any atom is 0.144 e. The van der Waals surface area contributed by atoms with Crippen molar-refractivity contribution < 1.29 is 0 Å². The van der Waals surface area contributed by atoms with Crippen molar-refractivity contribution in [2.24, 2.45) is 0 Å². The first kappa shape index (κ1) is 13.6. The third-order valence-electron chi connectivity index (χ3n) is 3.32. The van der Waals surface area contributed by atoms with Crippen molar-refractivity contribution in [1.29, 1.82) is 0 Å². The zero-order chi connectivity index (χ0) is 14.2. The second kappa shape index (κ2) is 5.22. The quantitative estimate of drug-likeness (QED) is 0.939. The number of rotatable bonds is 4. The second-order valence-electron chi connectivity index (χ2n) is 6.29. The third kappa shape index (κ3) is 3.04. The summed E-state index contributed by atoms with van der Waals surface area (Å²) in [6, 6.07) is 0.713. The Labute approximate surface area is 123 Å². The molecule has 0 bridgehead atoms. The summed E-state index contributed by atoms with van der Waals surface area (Å²) in [5, 5.41) is 4.55. The maximum atomic E-state index is 4.83. The zero-order valence-corrected chi connectivity index (χ0v) is 13.0. The average molecular weight is 288 g/mol. The highest BCUT2D eigenvalue weighted by Gasteiger charge is 2.26. The summed E-state index contributed by atoms with van der Waals surface area (Å²) in [6.07, 6.45) is 7.80. The van der Waals surface area contributed by atoms with Crippen LogP contribution in [0, 0.1) is 0 Å². The number of nitrogens with one attached hydrogen (secondary N) is 1. The lowest BCUT2D eigenvalue weighted by Crippen LogP contribution is -2.19. The van der Waals surface area contributed by atoms with Crippen LogP contribution < -0.4 is 5.32 Å². The Balaban J connectivity index is 1.92. The van der Waals surface area contributed by atoms with Gasteiger partial charge in [-0.3, -0.25) is 9.97 Å². The van der Waals surface area contributed by atoms with Gasteiger partial charge in [0.25, 0.3) is 0 Å². The molecule has 0 saturated heterocycles. The normalized spacial score (nSPS) is 15.6. The van der Waals surface area contributed by atoms with Crippen molar-refractivity contribution in [3.8, 4) is 10.7 Å². The summed E-state index contributed by atoms with van der Waals surface area (Å²) in [7, 11) is 0. The van der Waals surface area contributed by atoms with Crippen LogP contribution in [0.25, 0.3) is 10.7 Å². The fourth-order valence-electron chi connectivity index (χ4n) is 2.10. The summed E-state index contributed by atoms with van der Waals surface area (Å²) < 4.78 is 0. The molecule has 106 valence electrons. The van der Waals surface area contributed by atoms with Crippen LogP contribution in [0.1, 0.15) is 44.2 Å². The van der Waals surface area contributed by atoms with Gasteiger partial charge in [-0.05, 0) is 12.8 Å². The van der Waals surface area contributed by atoms with Gasteiger partial charge >= 0.3 is 0 Å². The van der Waals surface area contributed by atoms with Gasteiger partial charge in [-0.1, -0.05) is 20.8 Å². The van der Waals surface area contributed by atoms with Gasteiger partial charge in [0.15, 0.2) is 0 Å². The minimum atomic E-state index is 0.0531. The van der Waals surface area contributed by atoms with E-state index in [0.717, 1.165) is 17.2 Å². The lowest BCUT2D eigenvalue weighted by Gasteiger charge is -2.17. The van der Waals surface area contributed by atoms with Gasteiger partial charge in [-0.15, -0.1) is 11.3 Å². The first-order valence-corrected chi connectivity index (χ1v) is 7.85. The van der Waals surface area contributed by atoms with Crippen LogP contribution in [-0.2, 0) is 12.0 Å². The van der Waals surface area contributed by atoms with Gasteiger partial charge in [0.2, 0.25) is 0 Å². The van der Waals surface area contributed by atoms with Crippen LogP contribution in [0.4, 0.5) is 0 Å². The standard InChI is InChI=1S/C15H20N4S/c1-15(2,3)13-12(9-18-10-4-5-10)20-14(19-13)11-8-16-6-7-17-11/h6-8,10,18H,4-5,9H2,1-3H3. The fraction of sp³-hybridized carbons (Fsp3) is 0.533. The summed E-state index contributed by atoms with van der Waals surface area (Å²) in [5.74, 6) is 0. The van der Waals surface area contributed by atoms with E-state index in [-0.39, 0.29) is 5.41 Å². The highest BCUT2D eigenvalue weighted by atomic mass is 32.1. The summed E-state index contributed by atoms with van der Waals surface area (Å²) in [6.45, 7) is 7.55. The molecule has 0 unspecified atom stereocenters. The van der Waals surface area contributed by atoms with E-state index in [1.54, 1.807) is 29.9 Å². The van der Waals surface area contributed by atoms with Gasteiger partial charge in [-0.25, -0.2) is 4.98 Å². The highest BCUT2D eigenvalue weighted by molar-refractivity contribution is 7.15. The molecular formula is C15H20N4S. The van der Waals surface area contributed by atoms with Crippen molar-refractivity contribution in [2.45, 2.75) is 51.6 Å². The van der Waals surface area contributed by atoms with E-state index < -0.39 is 0 Å². The monoisotopic (exact) mass is 288 g/mol. The van der Waals surface area contributed by atoms with Crippen molar-refractivity contribution >= 4 is 11.3 Å². The van der Waals surface area contributed by atoms with E-state index in [2.05, 4.69) is 36.1 Å². The Kier molecular flexibility index (Phi) is 3.56. The number of thiazole rings is 1. The summed E-state index contributed by atoms with van der Waals surface area (Å²) in [4.78, 5) is 14.6. The largest absolute Gasteiger partial charge is 0.309 e. The maximum absolute atomic E-state index is 4.83. The van der Waals surface area contributed by atoms with Gasteiger partial charge in [0.05, 0.1) is 11.9 Å². The molecule has 0 spiro atoms. The van der Waals surface area contributed by atoms with Gasteiger partial charge < -0.3 is 5.32 Å². The van der Waals surface area contributed by atoms with E-state index in [1.807, 2.05) is 0 Å².